The maximum Gasteiger partial charge on any atom is 0.240 e. The van der Waals surface area contributed by atoms with E-state index in [1.54, 1.807) is 19.1 Å². The molecule has 0 saturated heterocycles. The Morgan fingerprint density at radius 3 is 2.65 bits per heavy atom. The second kappa shape index (κ2) is 6.10. The van der Waals surface area contributed by atoms with Gasteiger partial charge >= 0.3 is 0 Å². The molecule has 1 amide bonds. The molecule has 0 spiro atoms. The van der Waals surface area contributed by atoms with Crippen molar-refractivity contribution in [2.24, 2.45) is 5.73 Å². The van der Waals surface area contributed by atoms with Gasteiger partial charge in [-0.2, -0.15) is 0 Å². The highest BCUT2D eigenvalue weighted by atomic mass is 35.5. The fourth-order valence-corrected chi connectivity index (χ4v) is 3.07. The van der Waals surface area contributed by atoms with Crippen LogP contribution in [0.2, 0.25) is 5.02 Å². The summed E-state index contributed by atoms with van der Waals surface area (Å²) < 4.78 is 13.8. The standard InChI is InChI=1S/C15H20ClFN2O/c1-10(13-11(16)6-5-7-12(13)17)19-14(20)15(18)8-3-2-4-9-15/h5-7,10H,2-4,8-9,18H2,1H3,(H,19,20). The van der Waals surface area contributed by atoms with Gasteiger partial charge in [0.15, 0.2) is 0 Å². The van der Waals surface area contributed by atoms with Crippen LogP contribution in [0.15, 0.2) is 18.2 Å². The molecule has 1 fully saturated rings. The summed E-state index contributed by atoms with van der Waals surface area (Å²) in [6.07, 6.45) is 4.38. The van der Waals surface area contributed by atoms with Crippen LogP contribution in [0.1, 0.15) is 50.6 Å². The van der Waals surface area contributed by atoms with Gasteiger partial charge < -0.3 is 11.1 Å². The summed E-state index contributed by atoms with van der Waals surface area (Å²) in [6, 6.07) is 3.99. The first kappa shape index (κ1) is 15.3. The van der Waals surface area contributed by atoms with Crippen LogP contribution in [-0.2, 0) is 4.79 Å². The first-order chi connectivity index (χ1) is 9.44. The van der Waals surface area contributed by atoms with Gasteiger partial charge in [-0.1, -0.05) is 36.9 Å². The van der Waals surface area contributed by atoms with Crippen molar-refractivity contribution in [3.8, 4) is 0 Å². The van der Waals surface area contributed by atoms with Gasteiger partial charge in [0.25, 0.3) is 0 Å². The third-order valence-corrected chi connectivity index (χ3v) is 4.31. The van der Waals surface area contributed by atoms with E-state index in [4.69, 9.17) is 17.3 Å². The predicted octanol–water partition coefficient (Wildman–Crippen LogP) is 3.32. The van der Waals surface area contributed by atoms with E-state index in [0.29, 0.717) is 23.4 Å². The summed E-state index contributed by atoms with van der Waals surface area (Å²) in [7, 11) is 0. The number of amides is 1. The third kappa shape index (κ3) is 3.13. The molecule has 0 aliphatic heterocycles. The Balaban J connectivity index is 2.11. The number of halogens is 2. The maximum absolute atomic E-state index is 13.8. The van der Waals surface area contributed by atoms with Crippen LogP contribution in [0, 0.1) is 5.82 Å². The monoisotopic (exact) mass is 298 g/mol. The van der Waals surface area contributed by atoms with Crippen molar-refractivity contribution in [2.45, 2.75) is 50.6 Å². The molecular formula is C15H20ClFN2O. The Morgan fingerprint density at radius 2 is 2.05 bits per heavy atom. The molecular weight excluding hydrogens is 279 g/mol. The Hall–Kier alpha value is -1.13. The van der Waals surface area contributed by atoms with Crippen molar-refractivity contribution < 1.29 is 9.18 Å². The van der Waals surface area contributed by atoms with Crippen molar-refractivity contribution >= 4 is 17.5 Å². The van der Waals surface area contributed by atoms with Crippen LogP contribution < -0.4 is 11.1 Å². The minimum atomic E-state index is -0.829. The zero-order valence-corrected chi connectivity index (χ0v) is 12.3. The van der Waals surface area contributed by atoms with Gasteiger partial charge in [0.1, 0.15) is 5.82 Å². The van der Waals surface area contributed by atoms with Crippen molar-refractivity contribution in [3.05, 3.63) is 34.6 Å². The lowest BCUT2D eigenvalue weighted by atomic mass is 9.81. The van der Waals surface area contributed by atoms with Crippen LogP contribution in [0.25, 0.3) is 0 Å². The molecule has 0 aromatic heterocycles. The van der Waals surface area contributed by atoms with E-state index in [2.05, 4.69) is 5.32 Å². The lowest BCUT2D eigenvalue weighted by Crippen LogP contribution is -2.55. The second-order valence-corrected chi connectivity index (χ2v) is 5.95. The minimum Gasteiger partial charge on any atom is -0.348 e. The highest BCUT2D eigenvalue weighted by molar-refractivity contribution is 6.31. The first-order valence-corrected chi connectivity index (χ1v) is 7.35. The molecule has 20 heavy (non-hydrogen) atoms. The maximum atomic E-state index is 13.8. The summed E-state index contributed by atoms with van der Waals surface area (Å²) in [6.45, 7) is 1.72. The van der Waals surface area contributed by atoms with Crippen molar-refractivity contribution in [1.82, 2.24) is 5.32 Å². The quantitative estimate of drug-likeness (QED) is 0.899. The molecule has 1 aliphatic carbocycles. The fourth-order valence-electron chi connectivity index (χ4n) is 2.75. The largest absolute Gasteiger partial charge is 0.348 e. The van der Waals surface area contributed by atoms with E-state index in [-0.39, 0.29) is 5.91 Å². The molecule has 1 saturated carbocycles. The topological polar surface area (TPSA) is 55.1 Å². The number of benzene rings is 1. The molecule has 0 bridgehead atoms. The smallest absolute Gasteiger partial charge is 0.240 e. The van der Waals surface area contributed by atoms with Gasteiger partial charge in [0.05, 0.1) is 11.6 Å². The van der Waals surface area contributed by atoms with Crippen LogP contribution in [0.4, 0.5) is 4.39 Å². The van der Waals surface area contributed by atoms with Crippen LogP contribution in [-0.4, -0.2) is 11.4 Å². The van der Waals surface area contributed by atoms with Gasteiger partial charge in [-0.3, -0.25) is 4.79 Å². The van der Waals surface area contributed by atoms with Crippen molar-refractivity contribution in [2.75, 3.05) is 0 Å². The molecule has 5 heteroatoms. The molecule has 2 rings (SSSR count). The van der Waals surface area contributed by atoms with Crippen LogP contribution in [0.5, 0.6) is 0 Å². The highest BCUT2D eigenvalue weighted by Crippen LogP contribution is 2.29. The fraction of sp³-hybridized carbons (Fsp3) is 0.533. The average Bonchev–Trinajstić information content (AvgIpc) is 2.39. The Kier molecular flexibility index (Phi) is 4.66. The first-order valence-electron chi connectivity index (χ1n) is 6.98. The number of carbonyl (C=O) groups is 1. The number of nitrogens with one attached hydrogen (secondary N) is 1. The summed E-state index contributed by atoms with van der Waals surface area (Å²) >= 11 is 6.01. The van der Waals surface area contributed by atoms with Gasteiger partial charge in [-0.15, -0.1) is 0 Å². The zero-order chi connectivity index (χ0) is 14.8. The number of hydrogen-bond acceptors (Lipinski definition) is 2. The van der Waals surface area contributed by atoms with Crippen molar-refractivity contribution in [3.63, 3.8) is 0 Å². The van der Waals surface area contributed by atoms with E-state index >= 15 is 0 Å². The molecule has 1 aliphatic rings. The average molecular weight is 299 g/mol. The second-order valence-electron chi connectivity index (χ2n) is 5.55. The van der Waals surface area contributed by atoms with E-state index in [9.17, 15) is 9.18 Å². The van der Waals surface area contributed by atoms with Gasteiger partial charge in [0, 0.05) is 10.6 Å². The third-order valence-electron chi connectivity index (χ3n) is 3.98. The highest BCUT2D eigenvalue weighted by Gasteiger charge is 2.36. The minimum absolute atomic E-state index is 0.219. The number of nitrogens with two attached hydrogens (primary N) is 1. The summed E-state index contributed by atoms with van der Waals surface area (Å²) in [5.41, 5.74) is 5.64. The SMILES string of the molecule is CC(NC(=O)C1(N)CCCCC1)c1c(F)cccc1Cl. The molecule has 1 atom stereocenters. The number of hydrogen-bond donors (Lipinski definition) is 2. The van der Waals surface area contributed by atoms with E-state index in [1.165, 1.54) is 6.07 Å². The molecule has 0 heterocycles. The van der Waals surface area contributed by atoms with Gasteiger partial charge in [-0.05, 0) is 31.9 Å². The summed E-state index contributed by atoms with van der Waals surface area (Å²) in [5, 5.41) is 3.11. The molecule has 1 aromatic rings. The summed E-state index contributed by atoms with van der Waals surface area (Å²) in [5.74, 6) is -0.635. The van der Waals surface area contributed by atoms with Gasteiger partial charge in [-0.25, -0.2) is 4.39 Å². The van der Waals surface area contributed by atoms with Crippen LogP contribution >= 0.6 is 11.6 Å². The normalized spacial score (nSPS) is 19.4. The van der Waals surface area contributed by atoms with E-state index in [0.717, 1.165) is 19.3 Å². The predicted molar refractivity (Wildman–Crippen MR) is 78.0 cm³/mol. The lowest BCUT2D eigenvalue weighted by Gasteiger charge is -2.33. The Labute approximate surface area is 123 Å². The van der Waals surface area contributed by atoms with E-state index < -0.39 is 17.4 Å². The van der Waals surface area contributed by atoms with E-state index in [1.807, 2.05) is 0 Å². The van der Waals surface area contributed by atoms with Gasteiger partial charge in [0.2, 0.25) is 5.91 Å². The Bertz CT molecular complexity index is 480. The lowest BCUT2D eigenvalue weighted by molar-refractivity contribution is -0.128. The number of carbonyl (C=O) groups excluding carboxylic acids is 1. The Morgan fingerprint density at radius 1 is 1.40 bits per heavy atom. The van der Waals surface area contributed by atoms with Crippen molar-refractivity contribution in [1.29, 1.82) is 0 Å². The molecule has 1 unspecified atom stereocenters. The van der Waals surface area contributed by atoms with Crippen LogP contribution in [0.3, 0.4) is 0 Å². The molecule has 0 radical (unpaired) electrons. The zero-order valence-electron chi connectivity index (χ0n) is 11.6. The molecule has 1 aromatic carbocycles. The number of rotatable bonds is 3. The summed E-state index contributed by atoms with van der Waals surface area (Å²) in [4.78, 5) is 12.3. The molecule has 3 nitrogen and oxygen atoms in total. The molecule has 3 N–H and O–H groups in total. The molecule has 110 valence electrons.